The highest BCUT2D eigenvalue weighted by atomic mass is 35.5. The number of aliphatic carboxylic acids is 1. The zero-order chi connectivity index (χ0) is 15.3. The minimum Gasteiger partial charge on any atom is -0.480 e. The van der Waals surface area contributed by atoms with Crippen molar-refractivity contribution in [1.82, 2.24) is 5.32 Å². The molecule has 3 N–H and O–H groups in total. The van der Waals surface area contributed by atoms with Gasteiger partial charge in [0.25, 0.3) is 11.6 Å². The largest absolute Gasteiger partial charge is 0.480 e. The average molecular weight is 303 g/mol. The number of halogens is 1. The quantitative estimate of drug-likeness (QED) is 0.526. The molecule has 8 nitrogen and oxygen atoms in total. The van der Waals surface area contributed by atoms with Gasteiger partial charge in [0.15, 0.2) is 0 Å². The van der Waals surface area contributed by atoms with Crippen molar-refractivity contribution in [3.8, 4) is 0 Å². The third kappa shape index (κ3) is 3.65. The predicted octanol–water partition coefficient (Wildman–Crippen LogP) is 0.814. The molecule has 108 valence electrons. The lowest BCUT2D eigenvalue weighted by atomic mass is 10.1. The molecule has 1 rings (SSSR count). The first-order chi connectivity index (χ1) is 9.38. The minimum atomic E-state index is -1.33. The molecule has 0 radical (unpaired) electrons. The normalized spacial score (nSPS) is 11.7. The van der Waals surface area contributed by atoms with E-state index in [1.807, 2.05) is 0 Å². The minimum absolute atomic E-state index is 0.187. The summed E-state index contributed by atoms with van der Waals surface area (Å²) in [7, 11) is 0. The van der Waals surface area contributed by atoms with Crippen LogP contribution in [0.25, 0.3) is 0 Å². The molecule has 0 aliphatic heterocycles. The summed E-state index contributed by atoms with van der Waals surface area (Å²) < 4.78 is 0. The lowest BCUT2D eigenvalue weighted by Gasteiger charge is -2.13. The number of carbonyl (C=O) groups excluding carboxylic acids is 1. The number of aliphatic hydroxyl groups is 1. The summed E-state index contributed by atoms with van der Waals surface area (Å²) in [5, 5.41) is 30.0. The molecule has 20 heavy (non-hydrogen) atoms. The summed E-state index contributed by atoms with van der Waals surface area (Å²) in [4.78, 5) is 32.7. The predicted molar refractivity (Wildman–Crippen MR) is 68.7 cm³/mol. The van der Waals surface area contributed by atoms with E-state index < -0.39 is 35.1 Å². The fourth-order valence-corrected chi connectivity index (χ4v) is 1.74. The van der Waals surface area contributed by atoms with Gasteiger partial charge >= 0.3 is 5.97 Å². The SMILES string of the molecule is O=C(N[C@@H](CCO)C(=O)O)c1cccc([N+](=O)[O-])c1Cl. The number of benzene rings is 1. The van der Waals surface area contributed by atoms with E-state index in [1.54, 1.807) is 0 Å². The van der Waals surface area contributed by atoms with Crippen LogP contribution in [-0.4, -0.2) is 39.7 Å². The number of nitrogens with zero attached hydrogens (tertiary/aromatic N) is 1. The Morgan fingerprint density at radius 1 is 1.45 bits per heavy atom. The molecule has 0 aliphatic carbocycles. The summed E-state index contributed by atoms with van der Waals surface area (Å²) in [5.74, 6) is -2.19. The Bertz CT molecular complexity index is 548. The molecule has 0 aliphatic rings. The van der Waals surface area contributed by atoms with Gasteiger partial charge in [0.1, 0.15) is 11.1 Å². The number of hydrogen-bond acceptors (Lipinski definition) is 5. The molecule has 9 heteroatoms. The Labute approximate surface area is 118 Å². The molecular formula is C11H11ClN2O6. The summed E-state index contributed by atoms with van der Waals surface area (Å²) in [6, 6.07) is 2.33. The topological polar surface area (TPSA) is 130 Å². The van der Waals surface area contributed by atoms with Crippen LogP contribution < -0.4 is 5.32 Å². The van der Waals surface area contributed by atoms with Crippen molar-refractivity contribution in [1.29, 1.82) is 0 Å². The Morgan fingerprint density at radius 3 is 2.60 bits per heavy atom. The molecule has 0 spiro atoms. The van der Waals surface area contributed by atoms with Crippen molar-refractivity contribution in [3.05, 3.63) is 38.9 Å². The van der Waals surface area contributed by atoms with E-state index in [4.69, 9.17) is 21.8 Å². The van der Waals surface area contributed by atoms with Crippen molar-refractivity contribution in [2.45, 2.75) is 12.5 Å². The first-order valence-electron chi connectivity index (χ1n) is 5.46. The van der Waals surface area contributed by atoms with Crippen LogP contribution >= 0.6 is 11.6 Å². The molecule has 0 unspecified atom stereocenters. The van der Waals surface area contributed by atoms with Crippen molar-refractivity contribution in [3.63, 3.8) is 0 Å². The number of nitrogens with one attached hydrogen (secondary N) is 1. The fraction of sp³-hybridized carbons (Fsp3) is 0.273. The van der Waals surface area contributed by atoms with Crippen molar-refractivity contribution in [2.75, 3.05) is 6.61 Å². The Hall–Kier alpha value is -2.19. The van der Waals surface area contributed by atoms with E-state index in [0.29, 0.717) is 0 Å². The van der Waals surface area contributed by atoms with Crippen LogP contribution in [0.2, 0.25) is 5.02 Å². The fourth-order valence-electron chi connectivity index (χ4n) is 1.46. The van der Waals surface area contributed by atoms with Crippen LogP contribution in [0.1, 0.15) is 16.8 Å². The molecule has 1 aromatic rings. The number of nitro groups is 1. The molecule has 0 bridgehead atoms. The number of rotatable bonds is 6. The van der Waals surface area contributed by atoms with Gasteiger partial charge < -0.3 is 15.5 Å². The Morgan fingerprint density at radius 2 is 2.10 bits per heavy atom. The van der Waals surface area contributed by atoms with Gasteiger partial charge in [-0.15, -0.1) is 0 Å². The highest BCUT2D eigenvalue weighted by Gasteiger charge is 2.24. The zero-order valence-corrected chi connectivity index (χ0v) is 10.8. The van der Waals surface area contributed by atoms with Crippen molar-refractivity contribution < 1.29 is 24.7 Å². The highest BCUT2D eigenvalue weighted by Crippen LogP contribution is 2.27. The number of aliphatic hydroxyl groups excluding tert-OH is 1. The van der Waals surface area contributed by atoms with Gasteiger partial charge in [-0.05, 0) is 6.07 Å². The summed E-state index contributed by atoms with van der Waals surface area (Å²) in [6.07, 6.45) is -0.187. The lowest BCUT2D eigenvalue weighted by Crippen LogP contribution is -2.41. The number of hydrogen-bond donors (Lipinski definition) is 3. The van der Waals surface area contributed by atoms with Crippen LogP contribution in [-0.2, 0) is 4.79 Å². The number of carboxylic acids is 1. The second kappa shape index (κ2) is 6.83. The first kappa shape index (κ1) is 15.9. The van der Waals surface area contributed by atoms with Gasteiger partial charge in [-0.1, -0.05) is 17.7 Å². The summed E-state index contributed by atoms with van der Waals surface area (Å²) >= 11 is 5.74. The van der Waals surface area contributed by atoms with E-state index in [9.17, 15) is 19.7 Å². The third-order valence-electron chi connectivity index (χ3n) is 2.44. The Kier molecular flexibility index (Phi) is 5.42. The molecule has 1 amide bonds. The van der Waals surface area contributed by atoms with E-state index >= 15 is 0 Å². The monoisotopic (exact) mass is 302 g/mol. The van der Waals surface area contributed by atoms with Crippen molar-refractivity contribution >= 4 is 29.2 Å². The number of carbonyl (C=O) groups is 2. The maximum atomic E-state index is 11.9. The van der Waals surface area contributed by atoms with Gasteiger partial charge in [0, 0.05) is 19.1 Å². The second-order valence-corrected chi connectivity index (χ2v) is 4.15. The summed E-state index contributed by atoms with van der Waals surface area (Å²) in [5.41, 5.74) is -0.654. The molecule has 0 aromatic heterocycles. The van der Waals surface area contributed by atoms with Gasteiger partial charge in [0.05, 0.1) is 10.5 Å². The van der Waals surface area contributed by atoms with Crippen LogP contribution in [0.4, 0.5) is 5.69 Å². The number of amides is 1. The number of nitro benzene ring substituents is 1. The standard InChI is InChI=1S/C11H11ClN2O6/c12-9-6(2-1-3-8(9)14(19)20)10(16)13-7(4-5-15)11(17)18/h1-3,7,15H,4-5H2,(H,13,16)(H,17,18)/t7-/m0/s1. The molecule has 0 heterocycles. The van der Waals surface area contributed by atoms with Crippen molar-refractivity contribution in [2.24, 2.45) is 0 Å². The highest BCUT2D eigenvalue weighted by molar-refractivity contribution is 6.35. The molecule has 0 fully saturated rings. The van der Waals surface area contributed by atoms with Gasteiger partial charge in [-0.25, -0.2) is 4.79 Å². The van der Waals surface area contributed by atoms with E-state index in [0.717, 1.165) is 6.07 Å². The molecule has 1 atom stereocenters. The molecule has 0 saturated carbocycles. The zero-order valence-electron chi connectivity index (χ0n) is 10.1. The van der Waals surface area contributed by atoms with Crippen LogP contribution in [0.15, 0.2) is 18.2 Å². The Balaban J connectivity index is 3.00. The van der Waals surface area contributed by atoms with Gasteiger partial charge in [-0.2, -0.15) is 0 Å². The van der Waals surface area contributed by atoms with Crippen LogP contribution in [0.3, 0.4) is 0 Å². The van der Waals surface area contributed by atoms with E-state index in [2.05, 4.69) is 5.32 Å². The van der Waals surface area contributed by atoms with E-state index in [1.165, 1.54) is 12.1 Å². The van der Waals surface area contributed by atoms with E-state index in [-0.39, 0.29) is 17.0 Å². The first-order valence-corrected chi connectivity index (χ1v) is 5.83. The average Bonchev–Trinajstić information content (AvgIpc) is 2.37. The molecule has 0 saturated heterocycles. The third-order valence-corrected chi connectivity index (χ3v) is 2.84. The molecular weight excluding hydrogens is 292 g/mol. The number of carboxylic acid groups (broad SMARTS) is 1. The lowest BCUT2D eigenvalue weighted by molar-refractivity contribution is -0.384. The van der Waals surface area contributed by atoms with Gasteiger partial charge in [0.2, 0.25) is 0 Å². The second-order valence-electron chi connectivity index (χ2n) is 3.77. The summed E-state index contributed by atoms with van der Waals surface area (Å²) in [6.45, 7) is -0.431. The van der Waals surface area contributed by atoms with Gasteiger partial charge in [-0.3, -0.25) is 14.9 Å². The van der Waals surface area contributed by atoms with Crippen LogP contribution in [0.5, 0.6) is 0 Å². The molecule has 1 aromatic carbocycles. The van der Waals surface area contributed by atoms with Crippen LogP contribution in [0, 0.1) is 10.1 Å². The maximum Gasteiger partial charge on any atom is 0.326 e. The smallest absolute Gasteiger partial charge is 0.326 e. The maximum absolute atomic E-state index is 11.9.